The highest BCUT2D eigenvalue weighted by atomic mass is 19.1. The van der Waals surface area contributed by atoms with Crippen LogP contribution in [0.15, 0.2) is 18.2 Å². The highest BCUT2D eigenvalue weighted by Gasteiger charge is 2.18. The Morgan fingerprint density at radius 3 is 2.63 bits per heavy atom. The predicted molar refractivity (Wildman–Crippen MR) is 60.6 cm³/mol. The van der Waals surface area contributed by atoms with Gasteiger partial charge in [-0.25, -0.2) is 0 Å². The molecule has 1 aromatic rings. The zero-order chi connectivity index (χ0) is 14.6. The summed E-state index contributed by atoms with van der Waals surface area (Å²) in [6.45, 7) is -0.438. The molecule has 19 heavy (non-hydrogen) atoms. The van der Waals surface area contributed by atoms with Crippen molar-refractivity contribution in [3.8, 4) is 0 Å². The summed E-state index contributed by atoms with van der Waals surface area (Å²) >= 11 is 0. The third-order valence-electron chi connectivity index (χ3n) is 2.19. The molecule has 0 heterocycles. The zero-order valence-electron chi connectivity index (χ0n) is 9.50. The van der Waals surface area contributed by atoms with Crippen molar-refractivity contribution in [3.63, 3.8) is 0 Å². The molecule has 0 spiro atoms. The van der Waals surface area contributed by atoms with Crippen molar-refractivity contribution < 1.29 is 24.0 Å². The highest BCUT2D eigenvalue weighted by molar-refractivity contribution is 5.94. The summed E-state index contributed by atoms with van der Waals surface area (Å²) in [5.41, 5.74) is 3.83. The average Bonchev–Trinajstić information content (AvgIpc) is 2.34. The van der Waals surface area contributed by atoms with E-state index in [4.69, 9.17) is 10.8 Å². The monoisotopic (exact) mass is 271 g/mol. The minimum Gasteiger partial charge on any atom is -0.381 e. The van der Waals surface area contributed by atoms with Crippen LogP contribution in [0.5, 0.6) is 0 Å². The third-order valence-corrected chi connectivity index (χ3v) is 2.19. The molecule has 0 saturated carbocycles. The zero-order valence-corrected chi connectivity index (χ0v) is 9.50. The third kappa shape index (κ3) is 3.71. The van der Waals surface area contributed by atoms with Crippen molar-refractivity contribution in [2.75, 3.05) is 6.54 Å². The molecule has 0 aromatic heterocycles. The van der Waals surface area contributed by atoms with E-state index in [1.165, 1.54) is 0 Å². The number of aliphatic hydroxyl groups excluding tert-OH is 1. The number of primary amides is 1. The van der Waals surface area contributed by atoms with Gasteiger partial charge in [-0.1, -0.05) is 0 Å². The number of benzene rings is 1. The van der Waals surface area contributed by atoms with Crippen molar-refractivity contribution >= 4 is 17.5 Å². The lowest BCUT2D eigenvalue weighted by Crippen LogP contribution is -2.40. The van der Waals surface area contributed by atoms with Crippen LogP contribution < -0.4 is 11.1 Å². The molecule has 0 saturated heterocycles. The molecular formula is C10H10FN3O5. The molecule has 0 radical (unpaired) electrons. The van der Waals surface area contributed by atoms with E-state index < -0.39 is 40.9 Å². The molecule has 102 valence electrons. The van der Waals surface area contributed by atoms with Gasteiger partial charge in [-0.05, 0) is 12.1 Å². The van der Waals surface area contributed by atoms with E-state index in [1.54, 1.807) is 0 Å². The number of hydrogen-bond acceptors (Lipinski definition) is 5. The number of nitro groups is 1. The molecular weight excluding hydrogens is 261 g/mol. The van der Waals surface area contributed by atoms with Crippen LogP contribution in [-0.2, 0) is 4.79 Å². The van der Waals surface area contributed by atoms with Gasteiger partial charge >= 0.3 is 5.69 Å². The number of nitro benzene ring substituents is 1. The number of nitrogens with zero attached hydrogens (tertiary/aromatic N) is 1. The topological polar surface area (TPSA) is 136 Å². The first-order valence-corrected chi connectivity index (χ1v) is 5.02. The number of aliphatic hydroxyl groups is 1. The lowest BCUT2D eigenvalue weighted by Gasteiger charge is -2.08. The summed E-state index contributed by atoms with van der Waals surface area (Å²) in [5.74, 6) is -2.97. The second-order valence-electron chi connectivity index (χ2n) is 3.55. The molecule has 1 unspecified atom stereocenters. The summed E-state index contributed by atoms with van der Waals surface area (Å²) in [6.07, 6.45) is -1.56. The fraction of sp³-hybridized carbons (Fsp3) is 0.200. The van der Waals surface area contributed by atoms with Gasteiger partial charge in [0.1, 0.15) is 6.10 Å². The van der Waals surface area contributed by atoms with Crippen LogP contribution in [0, 0.1) is 15.9 Å². The molecule has 0 bridgehead atoms. The standard InChI is InChI=1S/C10H10FN3O5/c11-6-3-5(1-2-7(6)14(18)19)10(17)13-4-8(15)9(12)16/h1-3,8,15H,4H2,(H2,12,16)(H,13,17). The van der Waals surface area contributed by atoms with Gasteiger partial charge in [0, 0.05) is 11.6 Å². The van der Waals surface area contributed by atoms with E-state index in [1.807, 2.05) is 0 Å². The summed E-state index contributed by atoms with van der Waals surface area (Å²) in [5, 5.41) is 21.5. The lowest BCUT2D eigenvalue weighted by atomic mass is 10.2. The molecule has 2 amide bonds. The Morgan fingerprint density at radius 2 is 2.16 bits per heavy atom. The van der Waals surface area contributed by atoms with Crippen molar-refractivity contribution in [1.29, 1.82) is 0 Å². The number of rotatable bonds is 5. The predicted octanol–water partition coefficient (Wildman–Crippen LogP) is -0.690. The fourth-order valence-corrected chi connectivity index (χ4v) is 1.19. The quantitative estimate of drug-likeness (QED) is 0.481. The van der Waals surface area contributed by atoms with E-state index in [9.17, 15) is 24.1 Å². The molecule has 0 aliphatic carbocycles. The average molecular weight is 271 g/mol. The maximum absolute atomic E-state index is 13.2. The lowest BCUT2D eigenvalue weighted by molar-refractivity contribution is -0.387. The number of hydrogen-bond donors (Lipinski definition) is 3. The molecule has 1 aromatic carbocycles. The van der Waals surface area contributed by atoms with Crippen LogP contribution in [-0.4, -0.2) is 34.5 Å². The number of nitrogens with one attached hydrogen (secondary N) is 1. The van der Waals surface area contributed by atoms with Crippen molar-refractivity contribution in [1.82, 2.24) is 5.32 Å². The van der Waals surface area contributed by atoms with E-state index in [0.29, 0.717) is 6.07 Å². The fourth-order valence-electron chi connectivity index (χ4n) is 1.19. The van der Waals surface area contributed by atoms with Gasteiger partial charge in [0.2, 0.25) is 11.7 Å². The Labute approximate surface area is 106 Å². The number of halogens is 1. The molecule has 9 heteroatoms. The van der Waals surface area contributed by atoms with Gasteiger partial charge in [-0.15, -0.1) is 0 Å². The first kappa shape index (κ1) is 14.5. The number of nitrogens with two attached hydrogens (primary N) is 1. The van der Waals surface area contributed by atoms with Crippen molar-refractivity contribution in [2.24, 2.45) is 5.73 Å². The van der Waals surface area contributed by atoms with Crippen LogP contribution in [0.4, 0.5) is 10.1 Å². The smallest absolute Gasteiger partial charge is 0.304 e. The van der Waals surface area contributed by atoms with Crippen LogP contribution >= 0.6 is 0 Å². The van der Waals surface area contributed by atoms with Gasteiger partial charge in [-0.2, -0.15) is 4.39 Å². The van der Waals surface area contributed by atoms with Crippen LogP contribution in [0.2, 0.25) is 0 Å². The largest absolute Gasteiger partial charge is 0.381 e. The Morgan fingerprint density at radius 1 is 1.53 bits per heavy atom. The summed E-state index contributed by atoms with van der Waals surface area (Å²) in [6, 6.07) is 2.58. The molecule has 8 nitrogen and oxygen atoms in total. The maximum atomic E-state index is 13.2. The summed E-state index contributed by atoms with van der Waals surface area (Å²) < 4.78 is 13.2. The highest BCUT2D eigenvalue weighted by Crippen LogP contribution is 2.17. The van der Waals surface area contributed by atoms with Crippen molar-refractivity contribution in [2.45, 2.75) is 6.10 Å². The summed E-state index contributed by atoms with van der Waals surface area (Å²) in [7, 11) is 0. The van der Waals surface area contributed by atoms with Gasteiger partial charge < -0.3 is 16.2 Å². The Kier molecular flexibility index (Phi) is 4.48. The number of carbonyl (C=O) groups excluding carboxylic acids is 2. The van der Waals surface area contributed by atoms with E-state index in [-0.39, 0.29) is 5.56 Å². The van der Waals surface area contributed by atoms with E-state index in [0.717, 1.165) is 12.1 Å². The Hall–Kier alpha value is -2.55. The Balaban J connectivity index is 2.76. The van der Waals surface area contributed by atoms with Crippen LogP contribution in [0.3, 0.4) is 0 Å². The Bertz CT molecular complexity index is 534. The second-order valence-corrected chi connectivity index (χ2v) is 3.55. The van der Waals surface area contributed by atoms with Crippen molar-refractivity contribution in [3.05, 3.63) is 39.7 Å². The minimum absolute atomic E-state index is 0.181. The number of carbonyl (C=O) groups is 2. The molecule has 4 N–H and O–H groups in total. The van der Waals surface area contributed by atoms with Crippen LogP contribution in [0.25, 0.3) is 0 Å². The van der Waals surface area contributed by atoms with Gasteiger partial charge in [0.05, 0.1) is 11.5 Å². The first-order chi connectivity index (χ1) is 8.82. The maximum Gasteiger partial charge on any atom is 0.304 e. The van der Waals surface area contributed by atoms with E-state index in [2.05, 4.69) is 5.32 Å². The van der Waals surface area contributed by atoms with Gasteiger partial charge in [0.25, 0.3) is 5.91 Å². The summed E-state index contributed by atoms with van der Waals surface area (Å²) in [4.78, 5) is 31.5. The minimum atomic E-state index is -1.56. The molecule has 1 atom stereocenters. The molecule has 0 aliphatic rings. The first-order valence-electron chi connectivity index (χ1n) is 5.02. The second kappa shape index (κ2) is 5.87. The van der Waals surface area contributed by atoms with Gasteiger partial charge in [-0.3, -0.25) is 19.7 Å². The molecule has 0 aliphatic heterocycles. The van der Waals surface area contributed by atoms with Crippen LogP contribution in [0.1, 0.15) is 10.4 Å². The van der Waals surface area contributed by atoms with Gasteiger partial charge in [0.15, 0.2) is 0 Å². The molecule has 0 fully saturated rings. The molecule has 1 rings (SSSR count). The SMILES string of the molecule is NC(=O)C(O)CNC(=O)c1ccc([N+](=O)[O-])c(F)c1. The van der Waals surface area contributed by atoms with E-state index >= 15 is 0 Å². The normalized spacial score (nSPS) is 11.7. The number of amides is 2.